The fourth-order valence-electron chi connectivity index (χ4n) is 3.41. The molecule has 1 saturated heterocycles. The number of nitrogens with zero attached hydrogens (tertiary/aromatic N) is 1. The second kappa shape index (κ2) is 10.7. The number of carboxylic acid groups (broad SMARTS) is 1. The second-order valence-electron chi connectivity index (χ2n) is 6.69. The maximum Gasteiger partial charge on any atom is 0.307 e. The fourth-order valence-corrected chi connectivity index (χ4v) is 3.54. The van der Waals surface area contributed by atoms with Crippen LogP contribution >= 0.6 is 24.0 Å². The number of piperidine rings is 1. The highest BCUT2D eigenvalue weighted by Crippen LogP contribution is 2.27. The molecule has 0 amide bonds. The lowest BCUT2D eigenvalue weighted by molar-refractivity contribution is -0.143. The van der Waals surface area contributed by atoms with Crippen molar-refractivity contribution in [1.82, 2.24) is 4.90 Å². The third kappa shape index (κ3) is 6.22. The first-order valence-electron chi connectivity index (χ1n) is 9.00. The number of rotatable bonds is 7. The molecule has 3 rings (SSSR count). The van der Waals surface area contributed by atoms with E-state index in [2.05, 4.69) is 17.0 Å². The van der Waals surface area contributed by atoms with Gasteiger partial charge >= 0.3 is 5.97 Å². The Morgan fingerprint density at radius 1 is 1.15 bits per heavy atom. The topological polar surface area (TPSA) is 49.8 Å². The van der Waals surface area contributed by atoms with Crippen LogP contribution in [0.5, 0.6) is 0 Å². The van der Waals surface area contributed by atoms with E-state index in [1.807, 2.05) is 42.5 Å². The van der Waals surface area contributed by atoms with Crippen LogP contribution in [0.25, 0.3) is 0 Å². The van der Waals surface area contributed by atoms with Gasteiger partial charge in [-0.15, -0.1) is 12.4 Å². The van der Waals surface area contributed by atoms with Crippen LogP contribution in [0.15, 0.2) is 54.6 Å². The van der Waals surface area contributed by atoms with E-state index in [9.17, 15) is 9.90 Å². The van der Waals surface area contributed by atoms with E-state index in [0.717, 1.165) is 37.1 Å². The van der Waals surface area contributed by atoms with Crippen molar-refractivity contribution in [2.24, 2.45) is 5.92 Å². The lowest BCUT2D eigenvalue weighted by atomic mass is 9.98. The zero-order valence-corrected chi connectivity index (χ0v) is 16.7. The van der Waals surface area contributed by atoms with Crippen LogP contribution in [0, 0.1) is 5.92 Å². The molecule has 1 aliphatic heterocycles. The van der Waals surface area contributed by atoms with Gasteiger partial charge in [0.25, 0.3) is 0 Å². The van der Waals surface area contributed by atoms with Gasteiger partial charge in [0.1, 0.15) is 6.10 Å². The van der Waals surface area contributed by atoms with E-state index < -0.39 is 5.97 Å². The van der Waals surface area contributed by atoms with Gasteiger partial charge < -0.3 is 14.7 Å². The van der Waals surface area contributed by atoms with Crippen molar-refractivity contribution in [2.45, 2.75) is 18.9 Å². The Bertz CT molecular complexity index is 709. The highest BCUT2D eigenvalue weighted by Gasteiger charge is 2.25. The van der Waals surface area contributed by atoms with Crippen LogP contribution in [-0.2, 0) is 9.53 Å². The van der Waals surface area contributed by atoms with Crippen LogP contribution in [0.1, 0.15) is 30.1 Å². The summed E-state index contributed by atoms with van der Waals surface area (Å²) < 4.78 is 6.22. The molecular formula is C21H25Cl2NO3. The summed E-state index contributed by atoms with van der Waals surface area (Å²) in [6.07, 6.45) is 1.54. The monoisotopic (exact) mass is 409 g/mol. The van der Waals surface area contributed by atoms with Gasteiger partial charge in [0, 0.05) is 18.1 Å². The Hall–Kier alpha value is -1.59. The summed E-state index contributed by atoms with van der Waals surface area (Å²) >= 11 is 6.01. The van der Waals surface area contributed by atoms with Crippen molar-refractivity contribution >= 4 is 30.0 Å². The predicted molar refractivity (Wildman–Crippen MR) is 110 cm³/mol. The average molecular weight is 410 g/mol. The number of hydrogen-bond acceptors (Lipinski definition) is 3. The minimum absolute atomic E-state index is 0. The molecule has 0 aromatic heterocycles. The van der Waals surface area contributed by atoms with Crippen molar-refractivity contribution in [3.63, 3.8) is 0 Å². The van der Waals surface area contributed by atoms with Gasteiger partial charge in [0.2, 0.25) is 0 Å². The highest BCUT2D eigenvalue weighted by atomic mass is 35.5. The smallest absolute Gasteiger partial charge is 0.307 e. The molecule has 0 saturated carbocycles. The molecule has 2 unspecified atom stereocenters. The summed E-state index contributed by atoms with van der Waals surface area (Å²) in [6.45, 7) is 2.83. The standard InChI is InChI=1S/C21H24ClNO3.ClH/c22-19-10-8-17(9-11-19)20(16-5-2-1-3-6-16)26-14-13-23-12-4-7-18(15-23)21(24)25;/h1-3,5-6,8-11,18,20H,4,7,12-15H2,(H,24,25);1H. The molecule has 1 aliphatic rings. The van der Waals surface area contributed by atoms with Gasteiger partial charge in [0.15, 0.2) is 0 Å². The zero-order valence-electron chi connectivity index (χ0n) is 15.1. The van der Waals surface area contributed by atoms with Crippen LogP contribution in [0.3, 0.4) is 0 Å². The summed E-state index contributed by atoms with van der Waals surface area (Å²) in [7, 11) is 0. The first kappa shape index (κ1) is 21.7. The first-order chi connectivity index (χ1) is 12.6. The minimum Gasteiger partial charge on any atom is -0.481 e. The summed E-state index contributed by atoms with van der Waals surface area (Å²) in [5.41, 5.74) is 2.15. The molecule has 27 heavy (non-hydrogen) atoms. The van der Waals surface area contributed by atoms with E-state index in [1.165, 1.54) is 0 Å². The number of aliphatic carboxylic acids is 1. The molecule has 0 radical (unpaired) electrons. The summed E-state index contributed by atoms with van der Waals surface area (Å²) in [5.74, 6) is -0.955. The molecule has 1 fully saturated rings. The molecule has 1 heterocycles. The van der Waals surface area contributed by atoms with Gasteiger partial charge in [-0.05, 0) is 42.6 Å². The van der Waals surface area contributed by atoms with Crippen LogP contribution in [0.2, 0.25) is 5.02 Å². The summed E-state index contributed by atoms with van der Waals surface area (Å²) in [5, 5.41) is 9.92. The van der Waals surface area contributed by atoms with Gasteiger partial charge in [-0.3, -0.25) is 4.79 Å². The van der Waals surface area contributed by atoms with Crippen LogP contribution in [0.4, 0.5) is 0 Å². The quantitative estimate of drug-likeness (QED) is 0.721. The summed E-state index contributed by atoms with van der Waals surface area (Å²) in [6, 6.07) is 17.8. The van der Waals surface area contributed by atoms with E-state index in [4.69, 9.17) is 16.3 Å². The van der Waals surface area contributed by atoms with Crippen LogP contribution in [-0.4, -0.2) is 42.2 Å². The Balaban J connectivity index is 0.00000261. The predicted octanol–water partition coefficient (Wildman–Crippen LogP) is 4.66. The van der Waals surface area contributed by atoms with Crippen molar-refractivity contribution in [1.29, 1.82) is 0 Å². The number of halogens is 2. The molecule has 0 bridgehead atoms. The lowest BCUT2D eigenvalue weighted by Gasteiger charge is -2.31. The highest BCUT2D eigenvalue weighted by molar-refractivity contribution is 6.30. The number of carboxylic acids is 1. The molecule has 0 aliphatic carbocycles. The third-order valence-corrected chi connectivity index (χ3v) is 5.07. The Morgan fingerprint density at radius 2 is 1.81 bits per heavy atom. The van der Waals surface area contributed by atoms with E-state index in [0.29, 0.717) is 18.2 Å². The maximum absolute atomic E-state index is 11.2. The first-order valence-corrected chi connectivity index (χ1v) is 9.38. The molecule has 2 aromatic rings. The van der Waals surface area contributed by atoms with Gasteiger partial charge in [-0.1, -0.05) is 54.1 Å². The van der Waals surface area contributed by atoms with E-state index >= 15 is 0 Å². The molecule has 6 heteroatoms. The van der Waals surface area contributed by atoms with Crippen molar-refractivity contribution < 1.29 is 14.6 Å². The van der Waals surface area contributed by atoms with Crippen molar-refractivity contribution in [3.8, 4) is 0 Å². The van der Waals surface area contributed by atoms with Gasteiger partial charge in [-0.2, -0.15) is 0 Å². The fraction of sp³-hybridized carbons (Fsp3) is 0.381. The average Bonchev–Trinajstić information content (AvgIpc) is 2.67. The number of benzene rings is 2. The van der Waals surface area contributed by atoms with Crippen molar-refractivity contribution in [3.05, 3.63) is 70.7 Å². The third-order valence-electron chi connectivity index (χ3n) is 4.82. The second-order valence-corrected chi connectivity index (χ2v) is 7.13. The number of hydrogen-bond donors (Lipinski definition) is 1. The van der Waals surface area contributed by atoms with Gasteiger partial charge in [-0.25, -0.2) is 0 Å². The Kier molecular flexibility index (Phi) is 8.58. The molecule has 0 spiro atoms. The largest absolute Gasteiger partial charge is 0.481 e. The lowest BCUT2D eigenvalue weighted by Crippen LogP contribution is -2.40. The van der Waals surface area contributed by atoms with E-state index in [1.54, 1.807) is 0 Å². The SMILES string of the molecule is Cl.O=C(O)C1CCCN(CCOC(c2ccccc2)c2ccc(Cl)cc2)C1. The van der Waals surface area contributed by atoms with Crippen molar-refractivity contribution in [2.75, 3.05) is 26.2 Å². The molecule has 2 aromatic carbocycles. The van der Waals surface area contributed by atoms with E-state index in [-0.39, 0.29) is 24.4 Å². The molecule has 2 atom stereocenters. The zero-order chi connectivity index (χ0) is 18.4. The molecule has 1 N–H and O–H groups in total. The number of likely N-dealkylation sites (tertiary alicyclic amines) is 1. The molecule has 4 nitrogen and oxygen atoms in total. The van der Waals surface area contributed by atoms with Crippen LogP contribution < -0.4 is 0 Å². The van der Waals surface area contributed by atoms with Gasteiger partial charge in [0.05, 0.1) is 12.5 Å². The summed E-state index contributed by atoms with van der Waals surface area (Å²) in [4.78, 5) is 13.4. The maximum atomic E-state index is 11.2. The molecular weight excluding hydrogens is 385 g/mol. The Labute approximate surface area is 171 Å². The minimum atomic E-state index is -0.695. The Morgan fingerprint density at radius 3 is 2.48 bits per heavy atom. The normalized spacial score (nSPS) is 18.5. The number of carbonyl (C=O) groups is 1. The molecule has 146 valence electrons. The number of ether oxygens (including phenoxy) is 1.